The molecule has 1 unspecified atom stereocenters. The molecule has 0 saturated heterocycles. The zero-order chi connectivity index (χ0) is 15.8. The summed E-state index contributed by atoms with van der Waals surface area (Å²) in [6.45, 7) is 0.583. The molecule has 0 radical (unpaired) electrons. The van der Waals surface area contributed by atoms with Crippen molar-refractivity contribution in [2.45, 2.75) is 6.10 Å². The van der Waals surface area contributed by atoms with E-state index in [0.29, 0.717) is 12.3 Å². The third-order valence-electron chi connectivity index (χ3n) is 2.90. The highest BCUT2D eigenvalue weighted by Crippen LogP contribution is 2.21. The van der Waals surface area contributed by atoms with E-state index < -0.39 is 10.8 Å². The number of amides is 1. The van der Waals surface area contributed by atoms with Crippen LogP contribution >= 0.6 is 0 Å². The van der Waals surface area contributed by atoms with E-state index in [1.165, 1.54) is 32.4 Å². The first kappa shape index (κ1) is 16.9. The third-order valence-corrected chi connectivity index (χ3v) is 2.90. The molecule has 0 saturated carbocycles. The van der Waals surface area contributed by atoms with Gasteiger partial charge in [-0.1, -0.05) is 0 Å². The van der Waals surface area contributed by atoms with E-state index in [0.717, 1.165) is 0 Å². The molecule has 0 bridgehead atoms. The quantitative estimate of drug-likeness (QED) is 0.548. The maximum absolute atomic E-state index is 12.2. The Labute approximate surface area is 122 Å². The largest absolute Gasteiger partial charge is 0.387 e. The van der Waals surface area contributed by atoms with Crippen molar-refractivity contribution in [1.29, 1.82) is 0 Å². The van der Waals surface area contributed by atoms with E-state index in [1.807, 2.05) is 0 Å². The Hall–Kier alpha value is -2.19. The molecule has 8 nitrogen and oxygen atoms in total. The van der Waals surface area contributed by atoms with Crippen molar-refractivity contribution in [1.82, 2.24) is 5.32 Å². The molecule has 21 heavy (non-hydrogen) atoms. The number of nitrogens with zero attached hydrogens (tertiary/aromatic N) is 1. The number of carbonyl (C=O) groups is 1. The lowest BCUT2D eigenvalue weighted by Crippen LogP contribution is -2.35. The zero-order valence-corrected chi connectivity index (χ0v) is 12.2. The maximum atomic E-state index is 12.2. The number of carbonyl (C=O) groups excluding carboxylic acids is 1. The highest BCUT2D eigenvalue weighted by Gasteiger charge is 2.17. The van der Waals surface area contributed by atoms with Crippen LogP contribution in [-0.2, 0) is 9.47 Å². The van der Waals surface area contributed by atoms with Crippen LogP contribution in [-0.4, -0.2) is 51.4 Å². The molecule has 1 aromatic carbocycles. The smallest absolute Gasteiger partial charge is 0.270 e. The summed E-state index contributed by atoms with van der Waals surface area (Å²) < 4.78 is 10.1. The van der Waals surface area contributed by atoms with Gasteiger partial charge in [-0.05, 0) is 6.07 Å². The van der Waals surface area contributed by atoms with Gasteiger partial charge in [-0.15, -0.1) is 0 Å². The van der Waals surface area contributed by atoms with Crippen LogP contribution in [0.1, 0.15) is 10.4 Å². The van der Waals surface area contributed by atoms with Gasteiger partial charge in [0.1, 0.15) is 0 Å². The summed E-state index contributed by atoms with van der Waals surface area (Å²) in [5.41, 5.74) is 0.581. The van der Waals surface area contributed by atoms with Gasteiger partial charge in [0.15, 0.2) is 0 Å². The molecular weight excluding hydrogens is 278 g/mol. The average molecular weight is 297 g/mol. The minimum absolute atomic E-state index is 0.140. The molecule has 0 aliphatic rings. The van der Waals surface area contributed by atoms with Crippen LogP contribution in [0, 0.1) is 10.1 Å². The number of anilines is 1. The Morgan fingerprint density at radius 1 is 1.43 bits per heavy atom. The first-order valence-corrected chi connectivity index (χ1v) is 6.29. The van der Waals surface area contributed by atoms with Gasteiger partial charge >= 0.3 is 0 Å². The molecule has 0 aliphatic carbocycles. The van der Waals surface area contributed by atoms with Crippen molar-refractivity contribution >= 4 is 17.3 Å². The summed E-state index contributed by atoms with van der Waals surface area (Å²) in [5, 5.41) is 16.3. The minimum Gasteiger partial charge on any atom is -0.387 e. The summed E-state index contributed by atoms with van der Waals surface area (Å²) >= 11 is 0. The maximum Gasteiger partial charge on any atom is 0.270 e. The lowest BCUT2D eigenvalue weighted by atomic mass is 10.1. The van der Waals surface area contributed by atoms with E-state index in [2.05, 4.69) is 10.6 Å². The Morgan fingerprint density at radius 3 is 2.67 bits per heavy atom. The van der Waals surface area contributed by atoms with Crippen LogP contribution in [0.5, 0.6) is 0 Å². The fraction of sp³-hybridized carbons (Fsp3) is 0.462. The number of nitrogens with one attached hydrogen (secondary N) is 2. The van der Waals surface area contributed by atoms with Crippen molar-refractivity contribution in [3.63, 3.8) is 0 Å². The molecule has 0 heterocycles. The normalized spacial score (nSPS) is 11.8. The van der Waals surface area contributed by atoms with E-state index in [-0.39, 0.29) is 23.9 Å². The Balaban J connectivity index is 2.85. The van der Waals surface area contributed by atoms with Crippen LogP contribution in [0.15, 0.2) is 18.2 Å². The van der Waals surface area contributed by atoms with E-state index in [1.54, 1.807) is 7.05 Å². The highest BCUT2D eigenvalue weighted by molar-refractivity contribution is 6.00. The van der Waals surface area contributed by atoms with Gasteiger partial charge in [-0.25, -0.2) is 0 Å². The summed E-state index contributed by atoms with van der Waals surface area (Å²) in [6.07, 6.45) is -0.282. The van der Waals surface area contributed by atoms with Gasteiger partial charge in [0.05, 0.1) is 23.2 Å². The highest BCUT2D eigenvalue weighted by atomic mass is 16.6. The summed E-state index contributed by atoms with van der Waals surface area (Å²) in [6, 6.07) is 4.07. The van der Waals surface area contributed by atoms with Gasteiger partial charge in [-0.2, -0.15) is 0 Å². The van der Waals surface area contributed by atoms with Gasteiger partial charge < -0.3 is 20.1 Å². The number of rotatable bonds is 8. The molecule has 2 N–H and O–H groups in total. The lowest BCUT2D eigenvalue weighted by Gasteiger charge is -2.16. The van der Waals surface area contributed by atoms with Gasteiger partial charge in [0.2, 0.25) is 0 Å². The first-order valence-electron chi connectivity index (χ1n) is 6.29. The number of benzene rings is 1. The van der Waals surface area contributed by atoms with Crippen LogP contribution in [0.25, 0.3) is 0 Å². The summed E-state index contributed by atoms with van der Waals surface area (Å²) in [5.74, 6) is -0.416. The van der Waals surface area contributed by atoms with Crippen LogP contribution in [0.3, 0.4) is 0 Å². The Morgan fingerprint density at radius 2 is 2.14 bits per heavy atom. The number of nitro groups is 1. The summed E-state index contributed by atoms with van der Waals surface area (Å²) in [7, 11) is 4.69. The number of hydrogen-bond donors (Lipinski definition) is 2. The second kappa shape index (κ2) is 8.18. The van der Waals surface area contributed by atoms with Crippen molar-refractivity contribution in [3.05, 3.63) is 33.9 Å². The zero-order valence-electron chi connectivity index (χ0n) is 12.2. The van der Waals surface area contributed by atoms with Crippen molar-refractivity contribution < 1.29 is 19.2 Å². The second-order valence-electron chi connectivity index (χ2n) is 4.26. The monoisotopic (exact) mass is 297 g/mol. The predicted octanol–water partition coefficient (Wildman–Crippen LogP) is 1.03. The van der Waals surface area contributed by atoms with Crippen molar-refractivity contribution in [2.75, 3.05) is 39.7 Å². The molecule has 1 aromatic rings. The molecule has 0 spiro atoms. The van der Waals surface area contributed by atoms with E-state index in [9.17, 15) is 14.9 Å². The fourth-order valence-electron chi connectivity index (χ4n) is 1.75. The molecule has 1 atom stereocenters. The lowest BCUT2D eigenvalue weighted by molar-refractivity contribution is -0.384. The molecule has 116 valence electrons. The second-order valence-corrected chi connectivity index (χ2v) is 4.26. The number of nitro benzene ring substituents is 1. The predicted molar refractivity (Wildman–Crippen MR) is 77.6 cm³/mol. The van der Waals surface area contributed by atoms with Gasteiger partial charge in [0, 0.05) is 45.6 Å². The minimum atomic E-state index is -0.543. The SMILES string of the molecule is CNc1ccc([N+](=O)[O-])cc1C(=O)NCC(COC)OC. The third kappa shape index (κ3) is 4.69. The summed E-state index contributed by atoms with van der Waals surface area (Å²) in [4.78, 5) is 22.4. The molecule has 1 amide bonds. The van der Waals surface area contributed by atoms with Crippen molar-refractivity contribution in [2.24, 2.45) is 0 Å². The topological polar surface area (TPSA) is 103 Å². The number of ether oxygens (including phenoxy) is 2. The Bertz CT molecular complexity index is 507. The fourth-order valence-corrected chi connectivity index (χ4v) is 1.75. The van der Waals surface area contributed by atoms with Crippen LogP contribution in [0.2, 0.25) is 0 Å². The molecule has 0 aliphatic heterocycles. The van der Waals surface area contributed by atoms with Crippen LogP contribution < -0.4 is 10.6 Å². The Kier molecular flexibility index (Phi) is 6.57. The van der Waals surface area contributed by atoms with Crippen LogP contribution in [0.4, 0.5) is 11.4 Å². The number of non-ortho nitro benzene ring substituents is 1. The van der Waals surface area contributed by atoms with E-state index >= 15 is 0 Å². The first-order chi connectivity index (χ1) is 10.0. The average Bonchev–Trinajstić information content (AvgIpc) is 2.50. The molecule has 0 fully saturated rings. The number of hydrogen-bond acceptors (Lipinski definition) is 6. The number of methoxy groups -OCH3 is 2. The molecular formula is C13H19N3O5. The standard InChI is InChI=1S/C13H19N3O5/c1-14-12-5-4-9(16(18)19)6-11(12)13(17)15-7-10(21-3)8-20-2/h4-6,10,14H,7-8H2,1-3H3,(H,15,17). The van der Waals surface area contributed by atoms with Crippen molar-refractivity contribution in [3.8, 4) is 0 Å². The van der Waals surface area contributed by atoms with E-state index in [4.69, 9.17) is 9.47 Å². The molecule has 8 heteroatoms. The molecule has 1 rings (SSSR count). The van der Waals surface area contributed by atoms with Gasteiger partial charge in [-0.3, -0.25) is 14.9 Å². The van der Waals surface area contributed by atoms with Gasteiger partial charge in [0.25, 0.3) is 11.6 Å². The molecule has 0 aromatic heterocycles.